The van der Waals surface area contributed by atoms with Crippen LogP contribution in [0.15, 0.2) is 29.2 Å². The van der Waals surface area contributed by atoms with Gasteiger partial charge in [0.15, 0.2) is 0 Å². The highest BCUT2D eigenvalue weighted by Gasteiger charge is 2.20. The summed E-state index contributed by atoms with van der Waals surface area (Å²) in [6.45, 7) is 3.42. The van der Waals surface area contributed by atoms with E-state index < -0.39 is 17.8 Å². The van der Waals surface area contributed by atoms with Crippen LogP contribution in [-0.4, -0.2) is 22.7 Å². The molecule has 1 amide bonds. The molecule has 0 heterocycles. The molecule has 1 unspecified atom stereocenters. The Balaban J connectivity index is 2.63. The topological polar surface area (TPSA) is 66.4 Å². The molecule has 1 aromatic carbocycles. The first kappa shape index (κ1) is 13.6. The lowest BCUT2D eigenvalue weighted by atomic mass is 10.1. The number of carbonyl (C=O) groups is 2. The SMILES string of the molecule is CCSc1ccc(NC(=O)C(C)C(=O)O)cc1. The number of hydrogen-bond acceptors (Lipinski definition) is 3. The minimum absolute atomic E-state index is 0.506. The van der Waals surface area contributed by atoms with Gasteiger partial charge in [0.25, 0.3) is 0 Å². The first-order chi connectivity index (χ1) is 8.04. The second-order valence-corrected chi connectivity index (χ2v) is 4.84. The number of benzene rings is 1. The van der Waals surface area contributed by atoms with Crippen LogP contribution >= 0.6 is 11.8 Å². The van der Waals surface area contributed by atoms with E-state index in [1.165, 1.54) is 6.92 Å². The van der Waals surface area contributed by atoms with Gasteiger partial charge in [-0.3, -0.25) is 9.59 Å². The zero-order valence-corrected chi connectivity index (χ0v) is 10.6. The van der Waals surface area contributed by atoms with Gasteiger partial charge >= 0.3 is 5.97 Å². The van der Waals surface area contributed by atoms with Crippen LogP contribution in [0.5, 0.6) is 0 Å². The highest BCUT2D eigenvalue weighted by atomic mass is 32.2. The summed E-state index contributed by atoms with van der Waals surface area (Å²) in [6, 6.07) is 7.33. The lowest BCUT2D eigenvalue weighted by Gasteiger charge is -2.08. The van der Waals surface area contributed by atoms with Crippen molar-refractivity contribution in [1.29, 1.82) is 0 Å². The Morgan fingerprint density at radius 1 is 1.35 bits per heavy atom. The standard InChI is InChI=1S/C12H15NO3S/c1-3-17-10-6-4-9(5-7-10)13-11(14)8(2)12(15)16/h4-8H,3H2,1-2H3,(H,13,14)(H,15,16). The summed E-state index contributed by atoms with van der Waals surface area (Å²) in [4.78, 5) is 23.2. The van der Waals surface area contributed by atoms with Crippen molar-refractivity contribution in [1.82, 2.24) is 0 Å². The fraction of sp³-hybridized carbons (Fsp3) is 0.333. The predicted octanol–water partition coefficient (Wildman–Crippen LogP) is 2.46. The number of hydrogen-bond donors (Lipinski definition) is 2. The van der Waals surface area contributed by atoms with E-state index in [9.17, 15) is 9.59 Å². The molecule has 1 aromatic rings. The van der Waals surface area contributed by atoms with Gasteiger partial charge in [0.1, 0.15) is 5.92 Å². The molecule has 0 aliphatic heterocycles. The van der Waals surface area contributed by atoms with E-state index in [-0.39, 0.29) is 0 Å². The molecule has 1 atom stereocenters. The van der Waals surface area contributed by atoms with E-state index in [4.69, 9.17) is 5.11 Å². The van der Waals surface area contributed by atoms with Crippen LogP contribution in [0.1, 0.15) is 13.8 Å². The molecule has 1 rings (SSSR count). The molecule has 17 heavy (non-hydrogen) atoms. The van der Waals surface area contributed by atoms with Crippen molar-refractivity contribution in [3.8, 4) is 0 Å². The quantitative estimate of drug-likeness (QED) is 0.625. The smallest absolute Gasteiger partial charge is 0.315 e. The van der Waals surface area contributed by atoms with E-state index in [0.29, 0.717) is 5.69 Å². The lowest BCUT2D eigenvalue weighted by molar-refractivity contribution is -0.144. The second-order valence-electron chi connectivity index (χ2n) is 3.51. The maximum absolute atomic E-state index is 11.5. The third-order valence-corrected chi connectivity index (χ3v) is 3.09. The van der Waals surface area contributed by atoms with Crippen molar-refractivity contribution in [2.45, 2.75) is 18.7 Å². The van der Waals surface area contributed by atoms with Crippen LogP contribution in [0.3, 0.4) is 0 Å². The summed E-state index contributed by atoms with van der Waals surface area (Å²) in [5, 5.41) is 11.2. The molecule has 4 nitrogen and oxygen atoms in total. The summed E-state index contributed by atoms with van der Waals surface area (Å²) in [5.41, 5.74) is 0.614. The number of rotatable bonds is 5. The fourth-order valence-corrected chi connectivity index (χ4v) is 1.83. The Morgan fingerprint density at radius 2 is 1.94 bits per heavy atom. The van der Waals surface area contributed by atoms with Gasteiger partial charge in [-0.15, -0.1) is 11.8 Å². The van der Waals surface area contributed by atoms with Gasteiger partial charge in [-0.2, -0.15) is 0 Å². The van der Waals surface area contributed by atoms with Crippen molar-refractivity contribution in [3.05, 3.63) is 24.3 Å². The number of aliphatic carboxylic acids is 1. The molecule has 0 aliphatic rings. The van der Waals surface area contributed by atoms with Crippen molar-refractivity contribution >= 4 is 29.3 Å². The summed E-state index contributed by atoms with van der Waals surface area (Å²) in [7, 11) is 0. The van der Waals surface area contributed by atoms with Crippen molar-refractivity contribution in [3.63, 3.8) is 0 Å². The van der Waals surface area contributed by atoms with Gasteiger partial charge in [0, 0.05) is 10.6 Å². The average molecular weight is 253 g/mol. The van der Waals surface area contributed by atoms with E-state index in [0.717, 1.165) is 10.6 Å². The maximum atomic E-state index is 11.5. The van der Waals surface area contributed by atoms with Crippen LogP contribution in [0.25, 0.3) is 0 Å². The lowest BCUT2D eigenvalue weighted by Crippen LogP contribution is -2.26. The van der Waals surface area contributed by atoms with Crippen molar-refractivity contribution in [2.24, 2.45) is 5.92 Å². The summed E-state index contributed by atoms with van der Waals surface area (Å²) in [6.07, 6.45) is 0. The molecular formula is C12H15NO3S. The van der Waals surface area contributed by atoms with E-state index in [1.807, 2.05) is 12.1 Å². The van der Waals surface area contributed by atoms with Gasteiger partial charge < -0.3 is 10.4 Å². The molecule has 2 N–H and O–H groups in total. The number of carboxylic acid groups (broad SMARTS) is 1. The van der Waals surface area contributed by atoms with Gasteiger partial charge in [0.2, 0.25) is 5.91 Å². The summed E-state index contributed by atoms with van der Waals surface area (Å²) in [5.74, 6) is -1.68. The molecule has 0 aromatic heterocycles. The van der Waals surface area contributed by atoms with Crippen molar-refractivity contribution < 1.29 is 14.7 Å². The highest BCUT2D eigenvalue weighted by Crippen LogP contribution is 2.20. The Kier molecular flexibility index (Phi) is 5.03. The van der Waals surface area contributed by atoms with E-state index in [2.05, 4.69) is 12.2 Å². The minimum Gasteiger partial charge on any atom is -0.481 e. The third kappa shape index (κ3) is 4.11. The van der Waals surface area contributed by atoms with Gasteiger partial charge in [-0.25, -0.2) is 0 Å². The van der Waals surface area contributed by atoms with Crippen LogP contribution in [0, 0.1) is 5.92 Å². The van der Waals surface area contributed by atoms with Crippen molar-refractivity contribution in [2.75, 3.05) is 11.1 Å². The highest BCUT2D eigenvalue weighted by molar-refractivity contribution is 7.99. The molecule has 0 spiro atoms. The zero-order valence-electron chi connectivity index (χ0n) is 9.77. The maximum Gasteiger partial charge on any atom is 0.315 e. The number of nitrogens with one attached hydrogen (secondary N) is 1. The summed E-state index contributed by atoms with van der Waals surface area (Å²) >= 11 is 1.71. The molecule has 0 saturated carbocycles. The molecule has 0 aliphatic carbocycles. The van der Waals surface area contributed by atoms with Crippen LogP contribution in [-0.2, 0) is 9.59 Å². The molecule has 92 valence electrons. The first-order valence-electron chi connectivity index (χ1n) is 5.31. The number of amides is 1. The number of anilines is 1. The van der Waals surface area contributed by atoms with Crippen LogP contribution in [0.4, 0.5) is 5.69 Å². The second kappa shape index (κ2) is 6.30. The monoisotopic (exact) mass is 253 g/mol. The molecule has 0 saturated heterocycles. The fourth-order valence-electron chi connectivity index (χ4n) is 1.16. The largest absolute Gasteiger partial charge is 0.481 e. The summed E-state index contributed by atoms with van der Waals surface area (Å²) < 4.78 is 0. The van der Waals surface area contributed by atoms with Gasteiger partial charge in [0.05, 0.1) is 0 Å². The molecular weight excluding hydrogens is 238 g/mol. The Labute approximate surface area is 104 Å². The number of carbonyl (C=O) groups excluding carboxylic acids is 1. The molecule has 0 fully saturated rings. The molecule has 0 bridgehead atoms. The van der Waals surface area contributed by atoms with Gasteiger partial charge in [-0.05, 0) is 36.9 Å². The number of thioether (sulfide) groups is 1. The Morgan fingerprint density at radius 3 is 2.41 bits per heavy atom. The van der Waals surface area contributed by atoms with Crippen LogP contribution < -0.4 is 5.32 Å². The average Bonchev–Trinajstić information content (AvgIpc) is 2.30. The normalized spacial score (nSPS) is 11.9. The van der Waals surface area contributed by atoms with Crippen LogP contribution in [0.2, 0.25) is 0 Å². The number of carboxylic acids is 1. The van der Waals surface area contributed by atoms with E-state index >= 15 is 0 Å². The molecule has 5 heteroatoms. The zero-order chi connectivity index (χ0) is 12.8. The third-order valence-electron chi connectivity index (χ3n) is 2.20. The predicted molar refractivity (Wildman–Crippen MR) is 68.3 cm³/mol. The minimum atomic E-state index is -1.12. The Bertz CT molecular complexity index is 403. The van der Waals surface area contributed by atoms with E-state index in [1.54, 1.807) is 23.9 Å². The van der Waals surface area contributed by atoms with Gasteiger partial charge in [-0.1, -0.05) is 6.92 Å². The Hall–Kier alpha value is -1.49. The first-order valence-corrected chi connectivity index (χ1v) is 6.29. The molecule has 0 radical (unpaired) electrons.